The average Bonchev–Trinajstić information content (AvgIpc) is 3.23. The lowest BCUT2D eigenvalue weighted by molar-refractivity contribution is 0.0874. The van der Waals surface area contributed by atoms with Crippen molar-refractivity contribution < 1.29 is 18.7 Å². The van der Waals surface area contributed by atoms with E-state index in [1.165, 1.54) is 26.4 Å². The van der Waals surface area contributed by atoms with Gasteiger partial charge in [-0.15, -0.1) is 0 Å². The van der Waals surface area contributed by atoms with Gasteiger partial charge in [-0.05, 0) is 53.1 Å². The molecule has 0 unspecified atom stereocenters. The molecule has 36 heavy (non-hydrogen) atoms. The van der Waals surface area contributed by atoms with Crippen LogP contribution in [0.2, 0.25) is 0 Å². The van der Waals surface area contributed by atoms with E-state index in [0.29, 0.717) is 22.6 Å². The first-order valence-corrected chi connectivity index (χ1v) is 11.4. The third kappa shape index (κ3) is 3.32. The molecular formula is C29H22FN3O3. The van der Waals surface area contributed by atoms with E-state index in [0.717, 1.165) is 11.1 Å². The first-order valence-electron chi connectivity index (χ1n) is 11.4. The fourth-order valence-corrected chi connectivity index (χ4v) is 5.50. The molecule has 0 aromatic heterocycles. The Hall–Kier alpha value is -4.62. The summed E-state index contributed by atoms with van der Waals surface area (Å²) in [5.74, 6) is -0.714. The van der Waals surface area contributed by atoms with E-state index < -0.39 is 29.2 Å². The summed E-state index contributed by atoms with van der Waals surface area (Å²) < 4.78 is 24.6. The van der Waals surface area contributed by atoms with Crippen LogP contribution in [0.5, 0.6) is 11.5 Å². The van der Waals surface area contributed by atoms with Gasteiger partial charge in [-0.25, -0.2) is 4.39 Å². The predicted octanol–water partition coefficient (Wildman–Crippen LogP) is 5.25. The summed E-state index contributed by atoms with van der Waals surface area (Å²) in [5, 5.41) is 21.1. The third-order valence-corrected chi connectivity index (χ3v) is 7.11. The predicted molar refractivity (Wildman–Crippen MR) is 131 cm³/mol. The molecule has 1 saturated heterocycles. The molecule has 0 radical (unpaired) electrons. The van der Waals surface area contributed by atoms with Crippen molar-refractivity contribution in [2.24, 2.45) is 5.41 Å². The molecule has 5 rings (SSSR count). The average molecular weight is 480 g/mol. The van der Waals surface area contributed by atoms with Gasteiger partial charge in [0.2, 0.25) is 0 Å². The van der Waals surface area contributed by atoms with Gasteiger partial charge in [0.25, 0.3) is 0 Å². The number of ether oxygens (including phenoxy) is 2. The Morgan fingerprint density at radius 2 is 1.67 bits per heavy atom. The second kappa shape index (κ2) is 8.87. The SMILES string of the molecule is COc1ccc(C(=O)[C@@H]2[C@H](c3ccc(F)cc3)C(C#N)(C#N)[C@H]3c4ccccc4C=CN23)cc1OC. The lowest BCUT2D eigenvalue weighted by Crippen LogP contribution is -2.37. The summed E-state index contributed by atoms with van der Waals surface area (Å²) in [5.41, 5.74) is 0.944. The quantitative estimate of drug-likeness (QED) is 0.465. The van der Waals surface area contributed by atoms with Crippen LogP contribution < -0.4 is 9.47 Å². The zero-order valence-corrected chi connectivity index (χ0v) is 19.7. The lowest BCUT2D eigenvalue weighted by Gasteiger charge is -2.34. The number of Topliss-reactive ketones (excluding diaryl/α,β-unsaturated/α-hetero) is 1. The van der Waals surface area contributed by atoms with Crippen molar-refractivity contribution in [3.63, 3.8) is 0 Å². The van der Waals surface area contributed by atoms with Crippen LogP contribution in [0.4, 0.5) is 4.39 Å². The number of ketones is 1. The number of methoxy groups -OCH3 is 2. The number of nitriles is 2. The Morgan fingerprint density at radius 1 is 0.972 bits per heavy atom. The molecule has 3 aromatic carbocycles. The van der Waals surface area contributed by atoms with Crippen LogP contribution in [0, 0.1) is 33.9 Å². The molecule has 7 heteroatoms. The van der Waals surface area contributed by atoms with Crippen molar-refractivity contribution in [2.45, 2.75) is 18.0 Å². The number of benzene rings is 3. The largest absolute Gasteiger partial charge is 0.493 e. The van der Waals surface area contributed by atoms with Gasteiger partial charge in [0.1, 0.15) is 11.9 Å². The van der Waals surface area contributed by atoms with Crippen LogP contribution in [0.3, 0.4) is 0 Å². The van der Waals surface area contributed by atoms with E-state index in [-0.39, 0.29) is 5.78 Å². The molecule has 2 aliphatic heterocycles. The highest BCUT2D eigenvalue weighted by atomic mass is 19.1. The Labute approximate surface area is 208 Å². The first kappa shape index (κ1) is 23.1. The molecule has 1 fully saturated rings. The maximum absolute atomic E-state index is 14.2. The summed E-state index contributed by atoms with van der Waals surface area (Å²) in [4.78, 5) is 16.0. The minimum atomic E-state index is -1.62. The van der Waals surface area contributed by atoms with Gasteiger partial charge < -0.3 is 14.4 Å². The Morgan fingerprint density at radius 3 is 2.33 bits per heavy atom. The molecule has 3 atom stereocenters. The van der Waals surface area contributed by atoms with Gasteiger partial charge in [-0.1, -0.05) is 36.4 Å². The second-order valence-electron chi connectivity index (χ2n) is 8.80. The highest BCUT2D eigenvalue weighted by Gasteiger charge is 2.63. The van der Waals surface area contributed by atoms with E-state index in [9.17, 15) is 19.7 Å². The zero-order chi connectivity index (χ0) is 25.4. The van der Waals surface area contributed by atoms with Crippen LogP contribution >= 0.6 is 0 Å². The van der Waals surface area contributed by atoms with Crippen molar-refractivity contribution in [3.8, 4) is 23.6 Å². The van der Waals surface area contributed by atoms with Gasteiger partial charge >= 0.3 is 0 Å². The van der Waals surface area contributed by atoms with E-state index in [2.05, 4.69) is 12.1 Å². The highest BCUT2D eigenvalue weighted by Crippen LogP contribution is 2.60. The van der Waals surface area contributed by atoms with E-state index in [1.54, 1.807) is 36.5 Å². The smallest absolute Gasteiger partial charge is 0.186 e. The molecule has 2 aliphatic rings. The Kier molecular flexibility index (Phi) is 5.70. The molecule has 0 aliphatic carbocycles. The first-order chi connectivity index (χ1) is 17.5. The van der Waals surface area contributed by atoms with Crippen molar-refractivity contribution in [1.82, 2.24) is 4.90 Å². The normalized spacial score (nSPS) is 21.0. The van der Waals surface area contributed by atoms with Gasteiger partial charge in [-0.3, -0.25) is 4.79 Å². The van der Waals surface area contributed by atoms with Gasteiger partial charge in [0, 0.05) is 17.7 Å². The van der Waals surface area contributed by atoms with Crippen LogP contribution in [-0.2, 0) is 0 Å². The molecule has 178 valence electrons. The minimum absolute atomic E-state index is 0.285. The molecule has 6 nitrogen and oxygen atoms in total. The molecule has 2 heterocycles. The number of hydrogen-bond acceptors (Lipinski definition) is 6. The van der Waals surface area contributed by atoms with Crippen LogP contribution in [0.1, 0.15) is 39.0 Å². The number of carbonyl (C=O) groups excluding carboxylic acids is 1. The summed E-state index contributed by atoms with van der Waals surface area (Å²) in [7, 11) is 3.00. The van der Waals surface area contributed by atoms with Gasteiger partial charge in [-0.2, -0.15) is 10.5 Å². The zero-order valence-electron chi connectivity index (χ0n) is 19.7. The number of carbonyl (C=O) groups is 1. The Balaban J connectivity index is 1.74. The van der Waals surface area contributed by atoms with Crippen molar-refractivity contribution in [1.29, 1.82) is 10.5 Å². The highest BCUT2D eigenvalue weighted by molar-refractivity contribution is 6.02. The van der Waals surface area contributed by atoms with Gasteiger partial charge in [0.05, 0.1) is 32.4 Å². The second-order valence-corrected chi connectivity index (χ2v) is 8.80. The summed E-state index contributed by atoms with van der Waals surface area (Å²) in [6, 6.07) is 21.0. The van der Waals surface area contributed by atoms with E-state index in [1.807, 2.05) is 35.2 Å². The minimum Gasteiger partial charge on any atom is -0.493 e. The molecule has 0 N–H and O–H groups in total. The fourth-order valence-electron chi connectivity index (χ4n) is 5.50. The van der Waals surface area contributed by atoms with Gasteiger partial charge in [0.15, 0.2) is 22.7 Å². The number of hydrogen-bond donors (Lipinski definition) is 0. The number of fused-ring (bicyclic) bond motifs is 3. The third-order valence-electron chi connectivity index (χ3n) is 7.11. The molecule has 0 bridgehead atoms. The van der Waals surface area contributed by atoms with Crippen LogP contribution in [-0.4, -0.2) is 30.9 Å². The standard InChI is InChI=1S/C29H22FN3O3/c1-35-23-12-9-20(15-24(23)36-2)27(34)26-25(19-7-10-21(30)11-8-19)29(16-31,17-32)28-22-6-4-3-5-18(22)13-14-33(26)28/h3-15,25-26,28H,1-2H3/t25-,26-,28+/m0/s1. The molecule has 3 aromatic rings. The lowest BCUT2D eigenvalue weighted by atomic mass is 9.67. The molecular weight excluding hydrogens is 457 g/mol. The van der Waals surface area contributed by atoms with Crippen LogP contribution in [0.15, 0.2) is 72.9 Å². The van der Waals surface area contributed by atoms with E-state index >= 15 is 0 Å². The number of rotatable bonds is 5. The summed E-state index contributed by atoms with van der Waals surface area (Å²) in [6.45, 7) is 0. The van der Waals surface area contributed by atoms with Crippen molar-refractivity contribution in [3.05, 3.63) is 101 Å². The monoisotopic (exact) mass is 479 g/mol. The van der Waals surface area contributed by atoms with Crippen molar-refractivity contribution >= 4 is 11.9 Å². The maximum Gasteiger partial charge on any atom is 0.186 e. The maximum atomic E-state index is 14.2. The number of nitrogens with zero attached hydrogens (tertiary/aromatic N) is 3. The van der Waals surface area contributed by atoms with Crippen molar-refractivity contribution in [2.75, 3.05) is 14.2 Å². The molecule has 0 spiro atoms. The topological polar surface area (TPSA) is 86.3 Å². The molecule has 0 amide bonds. The summed E-state index contributed by atoms with van der Waals surface area (Å²) >= 11 is 0. The molecule has 0 saturated carbocycles. The van der Waals surface area contributed by atoms with Crippen LogP contribution in [0.25, 0.3) is 6.08 Å². The summed E-state index contributed by atoms with van der Waals surface area (Å²) in [6.07, 6.45) is 3.66. The number of halogens is 1. The van der Waals surface area contributed by atoms with E-state index in [4.69, 9.17) is 9.47 Å². The fraction of sp³-hybridized carbons (Fsp3) is 0.207. The Bertz CT molecular complexity index is 1440.